The van der Waals surface area contributed by atoms with E-state index in [0.717, 1.165) is 39.4 Å². The molecule has 1 heterocycles. The molecule has 5 aromatic rings. The van der Waals surface area contributed by atoms with Gasteiger partial charge in [-0.1, -0.05) is 99.3 Å². The fraction of sp³-hybridized carbons (Fsp3) is 0.250. The van der Waals surface area contributed by atoms with Crippen molar-refractivity contribution in [2.45, 2.75) is 57.4 Å². The van der Waals surface area contributed by atoms with Gasteiger partial charge in [0.05, 0.1) is 6.61 Å². The Hall–Kier alpha value is -4.36. The van der Waals surface area contributed by atoms with Crippen LogP contribution in [-0.2, 0) is 10.2 Å². The highest BCUT2D eigenvalue weighted by Gasteiger charge is 2.27. The van der Waals surface area contributed by atoms with Gasteiger partial charge in [0.2, 0.25) is 5.91 Å². The summed E-state index contributed by atoms with van der Waals surface area (Å²) in [5.41, 5.74) is 6.88. The Kier molecular flexibility index (Phi) is 9.02. The molecule has 1 unspecified atom stereocenters. The Labute approximate surface area is 258 Å². The van der Waals surface area contributed by atoms with Crippen LogP contribution in [0.3, 0.4) is 0 Å². The van der Waals surface area contributed by atoms with E-state index in [4.69, 9.17) is 4.74 Å². The first-order valence-electron chi connectivity index (χ1n) is 14.5. The van der Waals surface area contributed by atoms with E-state index < -0.39 is 5.25 Å². The lowest BCUT2D eigenvalue weighted by Crippen LogP contribution is -2.20. The fourth-order valence-electron chi connectivity index (χ4n) is 4.82. The number of carbonyl (C=O) groups excluding carboxylic acids is 1. The predicted octanol–water partition coefficient (Wildman–Crippen LogP) is 8.72. The van der Waals surface area contributed by atoms with Crippen LogP contribution >= 0.6 is 11.8 Å². The molecule has 1 amide bonds. The molecule has 0 saturated heterocycles. The number of carbonyl (C=O) groups is 1. The summed E-state index contributed by atoms with van der Waals surface area (Å²) in [6, 6.07) is 32.2. The topological polar surface area (TPSA) is 69.0 Å². The fourth-order valence-corrected chi connectivity index (χ4v) is 5.87. The van der Waals surface area contributed by atoms with Gasteiger partial charge in [0, 0.05) is 16.9 Å². The van der Waals surface area contributed by atoms with Crippen molar-refractivity contribution in [1.29, 1.82) is 0 Å². The second-order valence-electron chi connectivity index (χ2n) is 11.6. The molecule has 4 aromatic carbocycles. The average Bonchev–Trinajstić information content (AvgIpc) is 3.42. The minimum Gasteiger partial charge on any atom is -0.494 e. The molecule has 7 heteroatoms. The van der Waals surface area contributed by atoms with Gasteiger partial charge in [-0.3, -0.25) is 9.36 Å². The van der Waals surface area contributed by atoms with Gasteiger partial charge in [-0.15, -0.1) is 10.2 Å². The van der Waals surface area contributed by atoms with Gasteiger partial charge in [0.15, 0.2) is 11.0 Å². The number of benzene rings is 4. The van der Waals surface area contributed by atoms with Gasteiger partial charge >= 0.3 is 0 Å². The molecule has 0 bridgehead atoms. The molecule has 6 nitrogen and oxygen atoms in total. The van der Waals surface area contributed by atoms with Gasteiger partial charge in [-0.25, -0.2) is 0 Å². The Bertz CT molecular complexity index is 1690. The molecular weight excluding hydrogens is 552 g/mol. The van der Waals surface area contributed by atoms with E-state index in [1.54, 1.807) is 0 Å². The van der Waals surface area contributed by atoms with Crippen LogP contribution in [0.2, 0.25) is 0 Å². The highest BCUT2D eigenvalue weighted by atomic mass is 32.2. The molecule has 0 aliphatic carbocycles. The number of nitrogens with zero attached hydrogens (tertiary/aromatic N) is 3. The maximum absolute atomic E-state index is 13.9. The van der Waals surface area contributed by atoms with E-state index in [1.165, 1.54) is 17.3 Å². The molecule has 0 fully saturated rings. The van der Waals surface area contributed by atoms with E-state index in [0.29, 0.717) is 17.6 Å². The summed E-state index contributed by atoms with van der Waals surface area (Å²) in [6.07, 6.45) is 0. The van der Waals surface area contributed by atoms with Crippen LogP contribution in [-0.4, -0.2) is 27.3 Å². The third-order valence-electron chi connectivity index (χ3n) is 7.26. The van der Waals surface area contributed by atoms with E-state index in [-0.39, 0.29) is 11.3 Å². The van der Waals surface area contributed by atoms with Crippen molar-refractivity contribution in [2.75, 3.05) is 11.9 Å². The van der Waals surface area contributed by atoms with Crippen LogP contribution in [0.5, 0.6) is 5.75 Å². The molecule has 220 valence electrons. The first kappa shape index (κ1) is 30.1. The monoisotopic (exact) mass is 590 g/mol. The standard InChI is InChI=1S/C36H38N4O2S/c1-7-42-30-21-19-29(20-22-30)40-33(27-15-17-28(18-16-27)36(4,5)6)38-39-35(40)43-32(26-11-9-8-10-12-26)34(41)37-31-23-24(2)13-14-25(31)3/h8-23,32H,7H2,1-6H3,(H,37,41). The maximum Gasteiger partial charge on any atom is 0.242 e. The second-order valence-corrected chi connectivity index (χ2v) is 12.7. The SMILES string of the molecule is CCOc1ccc(-n2c(SC(C(=O)Nc3cc(C)ccc3C)c3ccccc3)nnc2-c2ccc(C(C)(C)C)cc2)cc1. The van der Waals surface area contributed by atoms with Crippen LogP contribution < -0.4 is 10.1 Å². The van der Waals surface area contributed by atoms with Crippen LogP contribution in [0.1, 0.15) is 55.2 Å². The summed E-state index contributed by atoms with van der Waals surface area (Å²) in [5, 5.41) is 12.5. The summed E-state index contributed by atoms with van der Waals surface area (Å²) in [7, 11) is 0. The van der Waals surface area contributed by atoms with Crippen molar-refractivity contribution < 1.29 is 9.53 Å². The summed E-state index contributed by atoms with van der Waals surface area (Å²) < 4.78 is 7.72. The molecule has 5 rings (SSSR count). The Morgan fingerprint density at radius 3 is 2.26 bits per heavy atom. The molecule has 1 aromatic heterocycles. The smallest absolute Gasteiger partial charge is 0.242 e. The zero-order chi connectivity index (χ0) is 30.6. The summed E-state index contributed by atoms with van der Waals surface area (Å²) >= 11 is 1.38. The third-order valence-corrected chi connectivity index (χ3v) is 8.46. The number of amides is 1. The number of anilines is 1. The molecule has 1 N–H and O–H groups in total. The zero-order valence-electron chi connectivity index (χ0n) is 25.6. The van der Waals surface area contributed by atoms with Crippen LogP contribution in [0.15, 0.2) is 102 Å². The van der Waals surface area contributed by atoms with Gasteiger partial charge in [-0.05, 0) is 78.8 Å². The van der Waals surface area contributed by atoms with E-state index in [9.17, 15) is 4.79 Å². The van der Waals surface area contributed by atoms with E-state index in [2.05, 4.69) is 60.6 Å². The first-order valence-corrected chi connectivity index (χ1v) is 15.4. The molecular formula is C36H38N4O2S. The Morgan fingerprint density at radius 2 is 1.60 bits per heavy atom. The highest BCUT2D eigenvalue weighted by molar-refractivity contribution is 8.00. The predicted molar refractivity (Wildman–Crippen MR) is 176 cm³/mol. The molecule has 0 aliphatic rings. The Balaban J connectivity index is 1.58. The van der Waals surface area contributed by atoms with Crippen molar-refractivity contribution in [3.05, 3.63) is 119 Å². The molecule has 0 saturated carbocycles. The van der Waals surface area contributed by atoms with Gasteiger partial charge < -0.3 is 10.1 Å². The molecule has 0 aliphatic heterocycles. The van der Waals surface area contributed by atoms with E-state index >= 15 is 0 Å². The molecule has 43 heavy (non-hydrogen) atoms. The summed E-state index contributed by atoms with van der Waals surface area (Å²) in [6.45, 7) is 13.2. The number of thioether (sulfide) groups is 1. The lowest BCUT2D eigenvalue weighted by Gasteiger charge is -2.20. The quantitative estimate of drug-likeness (QED) is 0.174. The summed E-state index contributed by atoms with van der Waals surface area (Å²) in [4.78, 5) is 13.9. The minimum absolute atomic E-state index is 0.0360. The first-order chi connectivity index (χ1) is 20.6. The number of hydrogen-bond donors (Lipinski definition) is 1. The summed E-state index contributed by atoms with van der Waals surface area (Å²) in [5.74, 6) is 1.37. The van der Waals surface area contributed by atoms with Gasteiger partial charge in [0.25, 0.3) is 0 Å². The number of ether oxygens (including phenoxy) is 1. The second kappa shape index (κ2) is 12.9. The lowest BCUT2D eigenvalue weighted by atomic mass is 9.87. The van der Waals surface area contributed by atoms with Crippen molar-refractivity contribution in [1.82, 2.24) is 14.8 Å². The molecule has 0 radical (unpaired) electrons. The van der Waals surface area contributed by atoms with Gasteiger partial charge in [0.1, 0.15) is 11.0 Å². The van der Waals surface area contributed by atoms with Gasteiger partial charge in [-0.2, -0.15) is 0 Å². The number of aromatic nitrogens is 3. The van der Waals surface area contributed by atoms with Crippen LogP contribution in [0.4, 0.5) is 5.69 Å². The molecule has 1 atom stereocenters. The maximum atomic E-state index is 13.9. The van der Waals surface area contributed by atoms with E-state index in [1.807, 2.05) is 98.1 Å². The largest absolute Gasteiger partial charge is 0.494 e. The lowest BCUT2D eigenvalue weighted by molar-refractivity contribution is -0.115. The highest BCUT2D eigenvalue weighted by Crippen LogP contribution is 2.39. The van der Waals surface area contributed by atoms with Crippen molar-refractivity contribution in [2.24, 2.45) is 0 Å². The number of rotatable bonds is 9. The van der Waals surface area contributed by atoms with Crippen LogP contribution in [0.25, 0.3) is 17.1 Å². The van der Waals surface area contributed by atoms with Crippen molar-refractivity contribution >= 4 is 23.4 Å². The number of nitrogens with one attached hydrogen (secondary N) is 1. The number of aryl methyl sites for hydroxylation is 2. The molecule has 0 spiro atoms. The van der Waals surface area contributed by atoms with Crippen LogP contribution in [0, 0.1) is 13.8 Å². The van der Waals surface area contributed by atoms with Crippen molar-refractivity contribution in [3.63, 3.8) is 0 Å². The Morgan fingerprint density at radius 1 is 0.907 bits per heavy atom. The minimum atomic E-state index is -0.567. The number of hydrogen-bond acceptors (Lipinski definition) is 5. The average molecular weight is 591 g/mol. The zero-order valence-corrected chi connectivity index (χ0v) is 26.4. The van der Waals surface area contributed by atoms with Crippen molar-refractivity contribution in [3.8, 4) is 22.8 Å². The normalized spacial score (nSPS) is 12.1. The third kappa shape index (κ3) is 7.00.